The molecule has 4 aliphatic carbocycles. The fourth-order valence-electron chi connectivity index (χ4n) is 6.25. The molecule has 0 atom stereocenters. The number of aliphatic carboxylic acids is 1. The number of benzene rings is 1. The number of carboxylic acids is 1. The van der Waals surface area contributed by atoms with Crippen LogP contribution in [-0.2, 0) is 4.79 Å². The van der Waals surface area contributed by atoms with Crippen molar-refractivity contribution in [2.24, 2.45) is 23.2 Å². The Kier molecular flexibility index (Phi) is 4.91. The number of carbonyl (C=O) groups excluding carboxylic acids is 2. The molecule has 6 nitrogen and oxygen atoms in total. The molecule has 29 heavy (non-hydrogen) atoms. The molecule has 0 saturated heterocycles. The summed E-state index contributed by atoms with van der Waals surface area (Å²) in [6, 6.07) is 6.53. The molecule has 0 unspecified atom stereocenters. The number of Topliss-reactive ketones (excluding diaryl/α,β-unsaturated/α-hetero) is 1. The van der Waals surface area contributed by atoms with Crippen LogP contribution in [0.5, 0.6) is 0 Å². The Morgan fingerprint density at radius 3 is 2.21 bits per heavy atom. The summed E-state index contributed by atoms with van der Waals surface area (Å²) in [5, 5.41) is 15.2. The van der Waals surface area contributed by atoms with Gasteiger partial charge >= 0.3 is 12.0 Å². The summed E-state index contributed by atoms with van der Waals surface area (Å²) < 4.78 is 0. The summed E-state index contributed by atoms with van der Waals surface area (Å²) >= 11 is 0. The molecule has 2 amide bonds. The number of hydrogen-bond acceptors (Lipinski definition) is 3. The van der Waals surface area contributed by atoms with E-state index in [0.29, 0.717) is 11.3 Å². The summed E-state index contributed by atoms with van der Waals surface area (Å²) in [5.74, 6) is 0.995. The molecular formula is C23H30N2O4. The number of ketones is 1. The highest BCUT2D eigenvalue weighted by molar-refractivity contribution is 6.03. The SMILES string of the molecule is CC(C)(CC(=O)O)C(=O)c1cccc(NC(=O)NC23CC4CC(CC(C4)C2)C3)c1. The van der Waals surface area contributed by atoms with E-state index in [1.165, 1.54) is 19.3 Å². The van der Waals surface area contributed by atoms with Gasteiger partial charge in [-0.15, -0.1) is 0 Å². The zero-order valence-electron chi connectivity index (χ0n) is 17.2. The Hall–Kier alpha value is -2.37. The molecule has 4 aliphatic rings. The summed E-state index contributed by atoms with van der Waals surface area (Å²) in [5.41, 5.74) is -0.130. The minimum atomic E-state index is -1.01. The Bertz CT molecular complexity index is 810. The Morgan fingerprint density at radius 2 is 1.66 bits per heavy atom. The van der Waals surface area contributed by atoms with Gasteiger partial charge in [0.15, 0.2) is 5.78 Å². The van der Waals surface area contributed by atoms with Gasteiger partial charge in [0.25, 0.3) is 0 Å². The van der Waals surface area contributed by atoms with Crippen LogP contribution in [0, 0.1) is 23.2 Å². The number of carbonyl (C=O) groups is 3. The molecule has 6 heteroatoms. The average Bonchev–Trinajstić information content (AvgIpc) is 2.58. The maximum Gasteiger partial charge on any atom is 0.319 e. The molecule has 4 saturated carbocycles. The minimum absolute atomic E-state index is 0.0737. The van der Waals surface area contributed by atoms with Gasteiger partial charge in [-0.2, -0.15) is 0 Å². The first-order valence-corrected chi connectivity index (χ1v) is 10.6. The molecule has 0 spiro atoms. The number of anilines is 1. The van der Waals surface area contributed by atoms with Crippen LogP contribution in [0.3, 0.4) is 0 Å². The van der Waals surface area contributed by atoms with E-state index in [1.807, 2.05) is 0 Å². The molecule has 0 radical (unpaired) electrons. The molecular weight excluding hydrogens is 368 g/mol. The summed E-state index contributed by atoms with van der Waals surface area (Å²) in [6.07, 6.45) is 6.95. The second kappa shape index (κ2) is 7.15. The van der Waals surface area contributed by atoms with Crippen LogP contribution >= 0.6 is 0 Å². The van der Waals surface area contributed by atoms with Crippen molar-refractivity contribution >= 4 is 23.5 Å². The maximum absolute atomic E-state index is 12.7. The fraction of sp³-hybridized carbons (Fsp3) is 0.609. The van der Waals surface area contributed by atoms with E-state index in [0.717, 1.165) is 37.0 Å². The first-order chi connectivity index (χ1) is 13.6. The van der Waals surface area contributed by atoms with E-state index >= 15 is 0 Å². The highest BCUT2D eigenvalue weighted by Gasteiger charge is 2.51. The van der Waals surface area contributed by atoms with Crippen molar-refractivity contribution < 1.29 is 19.5 Å². The highest BCUT2D eigenvalue weighted by Crippen LogP contribution is 2.55. The summed E-state index contributed by atoms with van der Waals surface area (Å²) in [6.45, 7) is 3.26. The van der Waals surface area contributed by atoms with Crippen LogP contribution in [-0.4, -0.2) is 28.4 Å². The van der Waals surface area contributed by atoms with Crippen LogP contribution in [0.25, 0.3) is 0 Å². The molecule has 0 aliphatic heterocycles. The standard InChI is InChI=1S/C23H30N2O4/c1-22(2,13-19(26)27)20(28)17-4-3-5-18(9-17)24-21(29)25-23-10-14-6-15(11-23)8-16(7-14)12-23/h3-5,9,14-16H,6-8,10-13H2,1-2H3,(H,26,27)(H2,24,25,29). The second-order valence-electron chi connectivity index (χ2n) is 10.1. The second-order valence-corrected chi connectivity index (χ2v) is 10.1. The lowest BCUT2D eigenvalue weighted by atomic mass is 9.53. The van der Waals surface area contributed by atoms with Gasteiger partial charge in [-0.05, 0) is 68.4 Å². The first kappa shape index (κ1) is 19.9. The fourth-order valence-corrected chi connectivity index (χ4v) is 6.25. The Morgan fingerprint density at radius 1 is 1.07 bits per heavy atom. The van der Waals surface area contributed by atoms with Gasteiger partial charge in [0, 0.05) is 22.2 Å². The van der Waals surface area contributed by atoms with Crippen molar-refractivity contribution in [3.63, 3.8) is 0 Å². The quantitative estimate of drug-likeness (QED) is 0.617. The zero-order chi connectivity index (χ0) is 20.8. The largest absolute Gasteiger partial charge is 0.481 e. The van der Waals surface area contributed by atoms with E-state index < -0.39 is 11.4 Å². The average molecular weight is 399 g/mol. The monoisotopic (exact) mass is 398 g/mol. The molecule has 0 heterocycles. The highest BCUT2D eigenvalue weighted by atomic mass is 16.4. The van der Waals surface area contributed by atoms with Gasteiger partial charge in [0.1, 0.15) is 0 Å². The van der Waals surface area contributed by atoms with Gasteiger partial charge in [0.2, 0.25) is 0 Å². The molecule has 4 fully saturated rings. The molecule has 5 rings (SSSR count). The number of nitrogens with one attached hydrogen (secondary N) is 2. The van der Waals surface area contributed by atoms with Crippen molar-refractivity contribution in [3.05, 3.63) is 29.8 Å². The van der Waals surface area contributed by atoms with E-state index in [4.69, 9.17) is 5.11 Å². The van der Waals surface area contributed by atoms with Crippen molar-refractivity contribution in [2.45, 2.75) is 64.3 Å². The van der Waals surface area contributed by atoms with Gasteiger partial charge in [-0.1, -0.05) is 26.0 Å². The lowest BCUT2D eigenvalue weighted by Crippen LogP contribution is -2.60. The van der Waals surface area contributed by atoms with Crippen LogP contribution in [0.1, 0.15) is 69.2 Å². The number of rotatable bonds is 6. The number of urea groups is 1. The van der Waals surface area contributed by atoms with Crippen molar-refractivity contribution in [3.8, 4) is 0 Å². The first-order valence-electron chi connectivity index (χ1n) is 10.6. The number of amides is 2. The third-order valence-electron chi connectivity index (χ3n) is 7.01. The topological polar surface area (TPSA) is 95.5 Å². The van der Waals surface area contributed by atoms with Gasteiger partial charge < -0.3 is 15.7 Å². The molecule has 0 aromatic heterocycles. The Labute approximate surface area is 171 Å². The van der Waals surface area contributed by atoms with Crippen LogP contribution in [0.2, 0.25) is 0 Å². The van der Waals surface area contributed by atoms with E-state index in [9.17, 15) is 14.4 Å². The molecule has 1 aromatic carbocycles. The lowest BCUT2D eigenvalue weighted by molar-refractivity contribution is -0.138. The predicted octanol–water partition coefficient (Wildman–Crippen LogP) is 4.46. The summed E-state index contributed by atoms with van der Waals surface area (Å²) in [7, 11) is 0. The zero-order valence-corrected chi connectivity index (χ0v) is 17.2. The third-order valence-corrected chi connectivity index (χ3v) is 7.01. The van der Waals surface area contributed by atoms with Crippen molar-refractivity contribution in [2.75, 3.05) is 5.32 Å². The maximum atomic E-state index is 12.7. The smallest absolute Gasteiger partial charge is 0.319 e. The lowest BCUT2D eigenvalue weighted by Gasteiger charge is -2.56. The molecule has 156 valence electrons. The van der Waals surface area contributed by atoms with Crippen LogP contribution in [0.15, 0.2) is 24.3 Å². The van der Waals surface area contributed by atoms with Gasteiger partial charge in [-0.25, -0.2) is 4.79 Å². The van der Waals surface area contributed by atoms with E-state index in [-0.39, 0.29) is 23.8 Å². The van der Waals surface area contributed by atoms with Crippen molar-refractivity contribution in [1.82, 2.24) is 5.32 Å². The van der Waals surface area contributed by atoms with E-state index in [2.05, 4.69) is 10.6 Å². The van der Waals surface area contributed by atoms with Crippen molar-refractivity contribution in [1.29, 1.82) is 0 Å². The van der Waals surface area contributed by atoms with Crippen LogP contribution in [0.4, 0.5) is 10.5 Å². The summed E-state index contributed by atoms with van der Waals surface area (Å²) in [4.78, 5) is 36.5. The van der Waals surface area contributed by atoms with Crippen LogP contribution < -0.4 is 10.6 Å². The molecule has 1 aromatic rings. The molecule has 4 bridgehead atoms. The third kappa shape index (κ3) is 4.16. The Balaban J connectivity index is 1.42. The minimum Gasteiger partial charge on any atom is -0.481 e. The van der Waals surface area contributed by atoms with Gasteiger partial charge in [-0.3, -0.25) is 9.59 Å². The molecule has 3 N–H and O–H groups in total. The van der Waals surface area contributed by atoms with Gasteiger partial charge in [0.05, 0.1) is 6.42 Å². The normalized spacial score (nSPS) is 30.1. The number of carboxylic acid groups (broad SMARTS) is 1. The van der Waals surface area contributed by atoms with E-state index in [1.54, 1.807) is 38.1 Å². The number of hydrogen-bond donors (Lipinski definition) is 3. The predicted molar refractivity (Wildman–Crippen MR) is 110 cm³/mol.